The first kappa shape index (κ1) is 17.1. The lowest BCUT2D eigenvalue weighted by molar-refractivity contribution is 0.0946. The van der Waals surface area contributed by atoms with E-state index in [-0.39, 0.29) is 11.7 Å². The third-order valence-corrected chi connectivity index (χ3v) is 4.91. The molecule has 0 unspecified atom stereocenters. The number of hydrogen-bond acceptors (Lipinski definition) is 6. The molecule has 1 amide bonds. The topological polar surface area (TPSA) is 108 Å². The molecular weight excluding hydrogens is 368 g/mol. The molecule has 144 valence electrons. The Hall–Kier alpha value is -4.07. The number of amides is 1. The maximum Gasteiger partial charge on any atom is 0.293 e. The lowest BCUT2D eigenvalue weighted by Gasteiger charge is -2.09. The van der Waals surface area contributed by atoms with Crippen molar-refractivity contribution in [2.45, 2.75) is 6.42 Å². The van der Waals surface area contributed by atoms with Gasteiger partial charge in [-0.05, 0) is 23.8 Å². The molecule has 8 heteroatoms. The Labute approximate surface area is 166 Å². The van der Waals surface area contributed by atoms with Crippen LogP contribution in [0.5, 0.6) is 0 Å². The quantitative estimate of drug-likeness (QED) is 0.369. The molecule has 0 atom stereocenters. The van der Waals surface area contributed by atoms with Gasteiger partial charge in [-0.15, -0.1) is 0 Å². The predicted molar refractivity (Wildman–Crippen MR) is 110 cm³/mol. The maximum atomic E-state index is 12.6. The second kappa shape index (κ2) is 6.83. The van der Waals surface area contributed by atoms with Gasteiger partial charge in [0.05, 0.1) is 23.8 Å². The minimum Gasteiger partial charge on any atom is -0.447 e. The molecule has 0 aliphatic heterocycles. The van der Waals surface area contributed by atoms with Crippen molar-refractivity contribution in [2.75, 3.05) is 12.4 Å². The predicted octanol–water partition coefficient (Wildman–Crippen LogP) is 3.29. The van der Waals surface area contributed by atoms with Crippen molar-refractivity contribution in [2.24, 2.45) is 0 Å². The van der Waals surface area contributed by atoms with E-state index in [0.29, 0.717) is 11.3 Å². The van der Waals surface area contributed by atoms with Crippen LogP contribution >= 0.6 is 0 Å². The van der Waals surface area contributed by atoms with Crippen LogP contribution in [0.4, 0.5) is 11.4 Å². The standard InChI is InChI=1S/C21H18N6O2/c1-22-6-7-24-21(28)20-19(16-4-5-23-11-17(16)29-20)26-14-2-3-15-12(9-14)8-13-10-25-27-18(13)15/h2-7,9-11,22,26H,8H2,1H3,(H,24,28)(H,25,27)/b7-6+. The second-order valence-corrected chi connectivity index (χ2v) is 6.72. The van der Waals surface area contributed by atoms with Crippen molar-refractivity contribution in [3.8, 4) is 11.3 Å². The number of nitrogens with zero attached hydrogens (tertiary/aromatic N) is 2. The zero-order valence-corrected chi connectivity index (χ0v) is 15.6. The molecule has 0 saturated carbocycles. The summed E-state index contributed by atoms with van der Waals surface area (Å²) in [7, 11) is 1.75. The van der Waals surface area contributed by atoms with Crippen LogP contribution in [0, 0.1) is 0 Å². The molecule has 8 nitrogen and oxygen atoms in total. The third-order valence-electron chi connectivity index (χ3n) is 4.91. The largest absolute Gasteiger partial charge is 0.447 e. The number of anilines is 2. The lowest BCUT2D eigenvalue weighted by atomic mass is 10.1. The number of H-pyrrole nitrogens is 1. The molecule has 0 bridgehead atoms. The normalized spacial score (nSPS) is 12.2. The molecule has 0 saturated heterocycles. The van der Waals surface area contributed by atoms with Crippen molar-refractivity contribution < 1.29 is 9.21 Å². The van der Waals surface area contributed by atoms with Gasteiger partial charge in [-0.25, -0.2) is 0 Å². The molecule has 29 heavy (non-hydrogen) atoms. The monoisotopic (exact) mass is 386 g/mol. The summed E-state index contributed by atoms with van der Waals surface area (Å²) < 4.78 is 5.79. The first-order valence-electron chi connectivity index (χ1n) is 9.17. The number of hydrogen-bond donors (Lipinski definition) is 4. The first-order valence-corrected chi connectivity index (χ1v) is 9.17. The molecule has 3 heterocycles. The zero-order valence-electron chi connectivity index (χ0n) is 15.6. The van der Waals surface area contributed by atoms with E-state index in [9.17, 15) is 4.79 Å². The van der Waals surface area contributed by atoms with Gasteiger partial charge < -0.3 is 20.4 Å². The smallest absolute Gasteiger partial charge is 0.293 e. The van der Waals surface area contributed by atoms with E-state index in [2.05, 4.69) is 43.3 Å². The molecular formula is C21H18N6O2. The number of aromatic amines is 1. The SMILES string of the molecule is CN/C=C/NC(=O)c1oc2cnccc2c1Nc1ccc2c(c1)Cc1cn[nH]c1-2. The fourth-order valence-corrected chi connectivity index (χ4v) is 3.59. The Morgan fingerprint density at radius 2 is 2.14 bits per heavy atom. The van der Waals surface area contributed by atoms with E-state index in [4.69, 9.17) is 4.42 Å². The van der Waals surface area contributed by atoms with Gasteiger partial charge in [0.25, 0.3) is 5.91 Å². The summed E-state index contributed by atoms with van der Waals surface area (Å²) in [5.41, 5.74) is 6.64. The van der Waals surface area contributed by atoms with Gasteiger partial charge in [0.15, 0.2) is 5.58 Å². The van der Waals surface area contributed by atoms with Crippen LogP contribution in [-0.4, -0.2) is 28.1 Å². The first-order chi connectivity index (χ1) is 14.2. The molecule has 0 spiro atoms. The average molecular weight is 386 g/mol. The molecule has 1 aliphatic carbocycles. The maximum absolute atomic E-state index is 12.6. The van der Waals surface area contributed by atoms with Gasteiger partial charge in [0.1, 0.15) is 0 Å². The van der Waals surface area contributed by atoms with Gasteiger partial charge in [-0.3, -0.25) is 14.9 Å². The highest BCUT2D eigenvalue weighted by Gasteiger charge is 2.23. The van der Waals surface area contributed by atoms with Crippen molar-refractivity contribution >= 4 is 28.3 Å². The molecule has 1 aromatic carbocycles. The van der Waals surface area contributed by atoms with Crippen molar-refractivity contribution in [3.05, 3.63) is 72.1 Å². The summed E-state index contributed by atoms with van der Waals surface area (Å²) in [5.74, 6) is -0.152. The number of rotatable bonds is 5. The zero-order chi connectivity index (χ0) is 19.8. The van der Waals surface area contributed by atoms with Gasteiger partial charge in [0, 0.05) is 54.3 Å². The van der Waals surface area contributed by atoms with Gasteiger partial charge in [0.2, 0.25) is 5.76 Å². The highest BCUT2D eigenvalue weighted by molar-refractivity contribution is 6.07. The number of fused-ring (bicyclic) bond motifs is 4. The molecule has 0 fully saturated rings. The van der Waals surface area contributed by atoms with Crippen LogP contribution in [0.3, 0.4) is 0 Å². The lowest BCUT2D eigenvalue weighted by Crippen LogP contribution is -2.18. The minimum absolute atomic E-state index is 0.198. The Morgan fingerprint density at radius 3 is 3.03 bits per heavy atom. The minimum atomic E-state index is -0.350. The summed E-state index contributed by atoms with van der Waals surface area (Å²) in [5, 5.41) is 16.8. The molecule has 5 rings (SSSR count). The number of furan rings is 1. The van der Waals surface area contributed by atoms with Crippen LogP contribution in [0.15, 0.2) is 59.7 Å². The van der Waals surface area contributed by atoms with Gasteiger partial charge in [-0.1, -0.05) is 6.07 Å². The number of aromatic nitrogens is 3. The molecule has 4 aromatic rings. The van der Waals surface area contributed by atoms with E-state index in [0.717, 1.165) is 28.8 Å². The van der Waals surface area contributed by atoms with Crippen LogP contribution in [0.1, 0.15) is 21.7 Å². The van der Waals surface area contributed by atoms with E-state index < -0.39 is 0 Å². The second-order valence-electron chi connectivity index (χ2n) is 6.72. The van der Waals surface area contributed by atoms with Crippen molar-refractivity contribution in [1.29, 1.82) is 0 Å². The number of carbonyl (C=O) groups is 1. The molecule has 1 aliphatic rings. The Balaban J connectivity index is 1.51. The van der Waals surface area contributed by atoms with E-state index >= 15 is 0 Å². The fraction of sp³-hybridized carbons (Fsp3) is 0.0952. The molecule has 0 radical (unpaired) electrons. The van der Waals surface area contributed by atoms with Crippen LogP contribution in [0.25, 0.3) is 22.2 Å². The highest BCUT2D eigenvalue weighted by atomic mass is 16.3. The van der Waals surface area contributed by atoms with Gasteiger partial charge in [-0.2, -0.15) is 5.10 Å². The number of carbonyl (C=O) groups excluding carboxylic acids is 1. The van der Waals surface area contributed by atoms with E-state index in [1.165, 1.54) is 17.3 Å². The Morgan fingerprint density at radius 1 is 1.21 bits per heavy atom. The molecule has 4 N–H and O–H groups in total. The number of nitrogens with one attached hydrogen (secondary N) is 4. The number of pyridine rings is 1. The number of benzene rings is 1. The molecule has 3 aromatic heterocycles. The van der Waals surface area contributed by atoms with Crippen LogP contribution in [0.2, 0.25) is 0 Å². The summed E-state index contributed by atoms with van der Waals surface area (Å²) >= 11 is 0. The fourth-order valence-electron chi connectivity index (χ4n) is 3.59. The van der Waals surface area contributed by atoms with E-state index in [1.54, 1.807) is 25.6 Å². The summed E-state index contributed by atoms with van der Waals surface area (Å²) in [4.78, 5) is 16.7. The Kier molecular flexibility index (Phi) is 4.02. The summed E-state index contributed by atoms with van der Waals surface area (Å²) in [6.07, 6.45) is 9.11. The van der Waals surface area contributed by atoms with Crippen molar-refractivity contribution in [3.63, 3.8) is 0 Å². The van der Waals surface area contributed by atoms with Gasteiger partial charge >= 0.3 is 0 Å². The van der Waals surface area contributed by atoms with Crippen LogP contribution in [-0.2, 0) is 6.42 Å². The highest BCUT2D eigenvalue weighted by Crippen LogP contribution is 2.38. The average Bonchev–Trinajstić information content (AvgIpc) is 3.41. The van der Waals surface area contributed by atoms with Crippen LogP contribution < -0.4 is 16.0 Å². The van der Waals surface area contributed by atoms with E-state index in [1.807, 2.05) is 18.3 Å². The summed E-state index contributed by atoms with van der Waals surface area (Å²) in [6, 6.07) is 7.95. The summed E-state index contributed by atoms with van der Waals surface area (Å²) in [6.45, 7) is 0. The Bertz CT molecular complexity index is 1250. The van der Waals surface area contributed by atoms with Crippen molar-refractivity contribution in [1.82, 2.24) is 25.8 Å². The third kappa shape index (κ3) is 2.91.